The zero-order valence-electron chi connectivity index (χ0n) is 15.1. The molecule has 4 nitrogen and oxygen atoms in total. The van der Waals surface area contributed by atoms with E-state index in [0.717, 1.165) is 17.9 Å². The fraction of sp³-hybridized carbons (Fsp3) is 0.600. The molecule has 0 aromatic heterocycles. The normalized spacial score (nSPS) is 29.3. The highest BCUT2D eigenvalue weighted by atomic mass is 16.5. The average molecular weight is 332 g/mol. The van der Waals surface area contributed by atoms with E-state index in [1.807, 2.05) is 30.3 Å². The average Bonchev–Trinajstić information content (AvgIpc) is 2.87. The third-order valence-electron chi connectivity index (χ3n) is 6.18. The van der Waals surface area contributed by atoms with Crippen molar-refractivity contribution in [2.24, 2.45) is 16.7 Å². The Kier molecular flexibility index (Phi) is 5.68. The van der Waals surface area contributed by atoms with Crippen molar-refractivity contribution in [3.63, 3.8) is 0 Å². The van der Waals surface area contributed by atoms with Crippen molar-refractivity contribution in [1.82, 2.24) is 0 Å². The lowest BCUT2D eigenvalue weighted by Gasteiger charge is -2.38. The molecular formula is C20H28O4. The Morgan fingerprint density at radius 1 is 1.25 bits per heavy atom. The molecule has 4 heteroatoms. The van der Waals surface area contributed by atoms with Gasteiger partial charge in [-0.05, 0) is 36.2 Å². The smallest absolute Gasteiger partial charge is 0.302 e. The third kappa shape index (κ3) is 3.63. The molecule has 0 radical (unpaired) electrons. The van der Waals surface area contributed by atoms with Gasteiger partial charge in [-0.1, -0.05) is 51.1 Å². The first-order valence-corrected chi connectivity index (χ1v) is 8.57. The van der Waals surface area contributed by atoms with E-state index in [1.54, 1.807) is 0 Å². The molecule has 0 N–H and O–H groups in total. The molecule has 24 heavy (non-hydrogen) atoms. The van der Waals surface area contributed by atoms with Gasteiger partial charge in [-0.25, -0.2) is 0 Å². The highest BCUT2D eigenvalue weighted by Crippen LogP contribution is 2.66. The topological polar surface area (TPSA) is 52.6 Å². The molecule has 3 rings (SSSR count). The lowest BCUT2D eigenvalue weighted by molar-refractivity contribution is -0.154. The van der Waals surface area contributed by atoms with Gasteiger partial charge in [0.25, 0.3) is 6.47 Å². The molecule has 0 aliphatic heterocycles. The molecule has 1 aromatic rings. The minimum Gasteiger partial charge on any atom is -0.463 e. The summed E-state index contributed by atoms with van der Waals surface area (Å²) in [4.78, 5) is 20.8. The first kappa shape index (κ1) is 18.5. The fourth-order valence-electron chi connectivity index (χ4n) is 4.21. The van der Waals surface area contributed by atoms with Crippen LogP contribution in [-0.4, -0.2) is 18.5 Å². The van der Waals surface area contributed by atoms with Crippen LogP contribution in [0.5, 0.6) is 0 Å². The summed E-state index contributed by atoms with van der Waals surface area (Å²) in [5.74, 6) is 0.622. The molecule has 0 heterocycles. The van der Waals surface area contributed by atoms with Crippen LogP contribution in [0.1, 0.15) is 52.5 Å². The minimum atomic E-state index is -0.125. The van der Waals surface area contributed by atoms with E-state index >= 15 is 0 Å². The van der Waals surface area contributed by atoms with E-state index < -0.39 is 0 Å². The van der Waals surface area contributed by atoms with Gasteiger partial charge in [0.05, 0.1) is 0 Å². The molecular weight excluding hydrogens is 304 g/mol. The number of carbonyl (C=O) groups is 2. The van der Waals surface area contributed by atoms with Crippen molar-refractivity contribution in [3.05, 3.63) is 35.9 Å². The number of esters is 1. The van der Waals surface area contributed by atoms with Crippen LogP contribution in [0.2, 0.25) is 0 Å². The summed E-state index contributed by atoms with van der Waals surface area (Å²) in [6.45, 7) is 9.27. The van der Waals surface area contributed by atoms with E-state index in [4.69, 9.17) is 4.74 Å². The Morgan fingerprint density at radius 3 is 2.38 bits per heavy atom. The zero-order chi connectivity index (χ0) is 17.8. The summed E-state index contributed by atoms with van der Waals surface area (Å²) < 4.78 is 9.98. The predicted octanol–water partition coefficient (Wildman–Crippen LogP) is 4.12. The van der Waals surface area contributed by atoms with Gasteiger partial charge in [0.1, 0.15) is 12.7 Å². The summed E-state index contributed by atoms with van der Waals surface area (Å²) >= 11 is 0. The molecule has 0 amide bonds. The van der Waals surface area contributed by atoms with Gasteiger partial charge in [0, 0.05) is 12.3 Å². The molecule has 132 valence electrons. The quantitative estimate of drug-likeness (QED) is 0.615. The highest BCUT2D eigenvalue weighted by molar-refractivity contribution is 5.66. The highest BCUT2D eigenvalue weighted by Gasteiger charge is 2.62. The van der Waals surface area contributed by atoms with Gasteiger partial charge in [0.15, 0.2) is 0 Å². The maximum atomic E-state index is 11.0. The monoisotopic (exact) mass is 332 g/mol. The Labute approximate surface area is 144 Å². The van der Waals surface area contributed by atoms with Crippen LogP contribution >= 0.6 is 0 Å². The largest absolute Gasteiger partial charge is 0.463 e. The summed E-state index contributed by atoms with van der Waals surface area (Å²) in [6, 6.07) is 9.55. The van der Waals surface area contributed by atoms with Gasteiger partial charge in [0.2, 0.25) is 0 Å². The lowest BCUT2D eigenvalue weighted by Crippen LogP contribution is -2.37. The SMILES string of the molecule is CC(=O)OC1CC2CCC1(C)C2(C)C.O=COCc1ccccc1. The molecule has 2 fully saturated rings. The minimum absolute atomic E-state index is 0.125. The number of benzene rings is 1. The molecule has 0 saturated heterocycles. The van der Waals surface area contributed by atoms with Crippen LogP contribution in [0.25, 0.3) is 0 Å². The van der Waals surface area contributed by atoms with Crippen LogP contribution < -0.4 is 0 Å². The van der Waals surface area contributed by atoms with E-state index in [1.165, 1.54) is 19.8 Å². The molecule has 2 aliphatic rings. The Balaban J connectivity index is 0.000000185. The maximum absolute atomic E-state index is 11.0. The van der Waals surface area contributed by atoms with Crippen LogP contribution in [-0.2, 0) is 25.7 Å². The van der Waals surface area contributed by atoms with Crippen LogP contribution in [0.4, 0.5) is 0 Å². The van der Waals surface area contributed by atoms with Gasteiger partial charge in [-0.3, -0.25) is 9.59 Å². The van der Waals surface area contributed by atoms with E-state index in [2.05, 4.69) is 25.5 Å². The predicted molar refractivity (Wildman–Crippen MR) is 92.1 cm³/mol. The molecule has 1 aromatic carbocycles. The van der Waals surface area contributed by atoms with Crippen molar-refractivity contribution in [2.75, 3.05) is 0 Å². The number of carbonyl (C=O) groups excluding carboxylic acids is 2. The maximum Gasteiger partial charge on any atom is 0.302 e. The Hall–Kier alpha value is -1.84. The van der Waals surface area contributed by atoms with Crippen molar-refractivity contribution in [3.8, 4) is 0 Å². The van der Waals surface area contributed by atoms with Gasteiger partial charge in [-0.2, -0.15) is 0 Å². The van der Waals surface area contributed by atoms with Crippen LogP contribution in [0, 0.1) is 16.7 Å². The zero-order valence-corrected chi connectivity index (χ0v) is 15.1. The third-order valence-corrected chi connectivity index (χ3v) is 6.18. The van der Waals surface area contributed by atoms with Crippen LogP contribution in [0.3, 0.4) is 0 Å². The van der Waals surface area contributed by atoms with Crippen molar-refractivity contribution >= 4 is 12.4 Å². The van der Waals surface area contributed by atoms with Gasteiger partial charge in [-0.15, -0.1) is 0 Å². The van der Waals surface area contributed by atoms with E-state index in [0.29, 0.717) is 18.5 Å². The number of fused-ring (bicyclic) bond motifs is 2. The molecule has 2 aliphatic carbocycles. The standard InChI is InChI=1S/C12H20O2.C8H8O2/c1-8(13)14-10-7-9-5-6-12(10,4)11(9,2)3;9-7-10-6-8-4-2-1-3-5-8/h9-10H,5-7H2,1-4H3;1-5,7H,6H2. The van der Waals surface area contributed by atoms with Crippen LogP contribution in [0.15, 0.2) is 30.3 Å². The second-order valence-electron chi connectivity index (χ2n) is 7.60. The number of hydrogen-bond donors (Lipinski definition) is 0. The fourth-order valence-corrected chi connectivity index (χ4v) is 4.21. The first-order chi connectivity index (χ1) is 11.3. The first-order valence-electron chi connectivity index (χ1n) is 8.57. The summed E-state index contributed by atoms with van der Waals surface area (Å²) in [5, 5.41) is 0. The van der Waals surface area contributed by atoms with Gasteiger partial charge >= 0.3 is 5.97 Å². The summed E-state index contributed by atoms with van der Waals surface area (Å²) in [6.07, 6.45) is 3.75. The summed E-state index contributed by atoms with van der Waals surface area (Å²) in [5.41, 5.74) is 1.56. The Bertz CT molecular complexity index is 566. The number of rotatable bonds is 4. The molecule has 3 atom stereocenters. The van der Waals surface area contributed by atoms with Crippen molar-refractivity contribution < 1.29 is 19.1 Å². The van der Waals surface area contributed by atoms with E-state index in [-0.39, 0.29) is 17.5 Å². The van der Waals surface area contributed by atoms with Crippen molar-refractivity contribution in [2.45, 2.75) is 59.7 Å². The second kappa shape index (κ2) is 7.37. The second-order valence-corrected chi connectivity index (χ2v) is 7.60. The lowest BCUT2D eigenvalue weighted by atomic mass is 9.70. The van der Waals surface area contributed by atoms with Crippen molar-refractivity contribution in [1.29, 1.82) is 0 Å². The molecule has 2 bridgehead atoms. The van der Waals surface area contributed by atoms with E-state index in [9.17, 15) is 9.59 Å². The number of ether oxygens (including phenoxy) is 2. The molecule has 0 spiro atoms. The molecule has 2 saturated carbocycles. The molecule has 3 unspecified atom stereocenters. The summed E-state index contributed by atoms with van der Waals surface area (Å²) in [7, 11) is 0. The Morgan fingerprint density at radius 2 is 1.92 bits per heavy atom. The number of hydrogen-bond acceptors (Lipinski definition) is 4. The van der Waals surface area contributed by atoms with Gasteiger partial charge < -0.3 is 9.47 Å².